The molecule has 142 valence electrons. The van der Waals surface area contributed by atoms with Gasteiger partial charge in [0.15, 0.2) is 5.72 Å². The zero-order chi connectivity index (χ0) is 19.3. The van der Waals surface area contributed by atoms with E-state index in [-0.39, 0.29) is 5.54 Å². The highest BCUT2D eigenvalue weighted by molar-refractivity contribution is 5.79. The molecule has 26 heavy (non-hydrogen) atoms. The first kappa shape index (κ1) is 19.0. The van der Waals surface area contributed by atoms with E-state index in [0.717, 1.165) is 28.2 Å². The molecule has 1 aliphatic heterocycles. The number of methoxy groups -OCH3 is 1. The number of hydrogen-bond donors (Lipinski definition) is 1. The number of nitrogens with zero attached hydrogens (tertiary/aromatic N) is 2. The molecule has 1 atom stereocenters. The first-order valence-corrected chi connectivity index (χ1v) is 9.37. The minimum absolute atomic E-state index is 0.0894. The molecular weight excluding hydrogens is 324 g/mol. The van der Waals surface area contributed by atoms with Gasteiger partial charge in [-0.25, -0.2) is 0 Å². The fraction of sp³-hybridized carbons (Fsp3) is 0.545. The number of allylic oxidation sites excluding steroid dienone is 3. The van der Waals surface area contributed by atoms with Gasteiger partial charge in [-0.3, -0.25) is 4.90 Å². The zero-order valence-electron chi connectivity index (χ0n) is 17.2. The molecule has 1 aromatic carbocycles. The molecular formula is C22H32N2O2. The molecule has 4 nitrogen and oxygen atoms in total. The molecule has 1 heterocycles. The number of benzene rings is 1. The first-order valence-electron chi connectivity index (χ1n) is 9.37. The third-order valence-electron chi connectivity index (χ3n) is 6.70. The molecule has 1 saturated carbocycles. The van der Waals surface area contributed by atoms with Crippen LogP contribution in [0.1, 0.15) is 51.2 Å². The second-order valence-electron chi connectivity index (χ2n) is 8.10. The molecule has 0 bridgehead atoms. The smallest absolute Gasteiger partial charge is 0.156 e. The van der Waals surface area contributed by atoms with Crippen molar-refractivity contribution >= 4 is 5.57 Å². The van der Waals surface area contributed by atoms with Gasteiger partial charge in [-0.2, -0.15) is 0 Å². The van der Waals surface area contributed by atoms with Crippen molar-refractivity contribution in [3.8, 4) is 5.75 Å². The predicted octanol–water partition coefficient (Wildman–Crippen LogP) is 3.97. The monoisotopic (exact) mass is 356 g/mol. The van der Waals surface area contributed by atoms with Crippen LogP contribution in [0.25, 0.3) is 5.57 Å². The normalized spacial score (nSPS) is 25.3. The zero-order valence-corrected chi connectivity index (χ0v) is 17.2. The second-order valence-corrected chi connectivity index (χ2v) is 8.10. The summed E-state index contributed by atoms with van der Waals surface area (Å²) in [5.74, 6) is 0.947. The van der Waals surface area contributed by atoms with Crippen LogP contribution in [-0.2, 0) is 5.54 Å². The van der Waals surface area contributed by atoms with Crippen LogP contribution in [0.15, 0.2) is 35.5 Å². The summed E-state index contributed by atoms with van der Waals surface area (Å²) in [7, 11) is 8.00. The van der Waals surface area contributed by atoms with Gasteiger partial charge in [-0.05, 0) is 77.4 Å². The van der Waals surface area contributed by atoms with E-state index in [1.165, 1.54) is 24.8 Å². The molecule has 0 saturated heterocycles. The quantitative estimate of drug-likeness (QED) is 0.886. The van der Waals surface area contributed by atoms with Gasteiger partial charge in [0.1, 0.15) is 5.75 Å². The molecule has 2 aliphatic rings. The SMILES string of the molecule is COc1cc(C2=C(C)N(C)C(C)(O)C(C)=C2)ccc1C1(N(C)C)CCC1. The van der Waals surface area contributed by atoms with E-state index >= 15 is 0 Å². The standard InChI is InChI=1S/C22H32N2O2/c1-15-13-18(16(2)24(6)21(15,3)25)17-9-10-19(20(14-17)26-7)22(23(4)5)11-8-12-22/h9-10,13-14,25H,8,11-12H2,1-7H3. The Morgan fingerprint density at radius 1 is 1.19 bits per heavy atom. The van der Waals surface area contributed by atoms with Crippen LogP contribution in [0.2, 0.25) is 0 Å². The van der Waals surface area contributed by atoms with Gasteiger partial charge < -0.3 is 14.7 Å². The van der Waals surface area contributed by atoms with Crippen molar-refractivity contribution in [2.75, 3.05) is 28.3 Å². The molecule has 1 aliphatic carbocycles. The lowest BCUT2D eigenvalue weighted by Crippen LogP contribution is -2.47. The molecule has 1 fully saturated rings. The van der Waals surface area contributed by atoms with E-state index in [4.69, 9.17) is 4.74 Å². The fourth-order valence-electron chi connectivity index (χ4n) is 4.23. The van der Waals surface area contributed by atoms with Crippen LogP contribution < -0.4 is 4.74 Å². The predicted molar refractivity (Wildman–Crippen MR) is 107 cm³/mol. The molecule has 0 amide bonds. The summed E-state index contributed by atoms with van der Waals surface area (Å²) in [6.07, 6.45) is 5.69. The Morgan fingerprint density at radius 3 is 2.35 bits per heavy atom. The van der Waals surface area contributed by atoms with E-state index in [1.807, 2.05) is 25.8 Å². The van der Waals surface area contributed by atoms with Crippen LogP contribution in [0.5, 0.6) is 5.75 Å². The third-order valence-corrected chi connectivity index (χ3v) is 6.70. The lowest BCUT2D eigenvalue weighted by atomic mass is 9.70. The summed E-state index contributed by atoms with van der Waals surface area (Å²) >= 11 is 0. The van der Waals surface area contributed by atoms with Gasteiger partial charge in [0.25, 0.3) is 0 Å². The van der Waals surface area contributed by atoms with Crippen molar-refractivity contribution in [3.05, 3.63) is 46.7 Å². The average Bonchev–Trinajstić information content (AvgIpc) is 2.55. The van der Waals surface area contributed by atoms with E-state index in [1.54, 1.807) is 7.11 Å². The molecule has 0 spiro atoms. The van der Waals surface area contributed by atoms with Crippen LogP contribution >= 0.6 is 0 Å². The van der Waals surface area contributed by atoms with Crippen LogP contribution in [0.3, 0.4) is 0 Å². The van der Waals surface area contributed by atoms with E-state index in [2.05, 4.69) is 50.2 Å². The Bertz CT molecular complexity index is 770. The van der Waals surface area contributed by atoms with Gasteiger partial charge >= 0.3 is 0 Å². The number of aliphatic hydroxyl groups is 1. The van der Waals surface area contributed by atoms with Gasteiger partial charge in [0.2, 0.25) is 0 Å². The van der Waals surface area contributed by atoms with Crippen molar-refractivity contribution in [2.24, 2.45) is 0 Å². The highest BCUT2D eigenvalue weighted by Crippen LogP contribution is 2.49. The Balaban J connectivity index is 2.08. The van der Waals surface area contributed by atoms with Crippen molar-refractivity contribution in [1.29, 1.82) is 0 Å². The minimum Gasteiger partial charge on any atom is -0.496 e. The Hall–Kier alpha value is -1.78. The maximum absolute atomic E-state index is 10.7. The summed E-state index contributed by atoms with van der Waals surface area (Å²) in [5, 5.41) is 10.7. The van der Waals surface area contributed by atoms with E-state index < -0.39 is 5.72 Å². The maximum atomic E-state index is 10.7. The molecule has 3 rings (SSSR count). The number of rotatable bonds is 4. The molecule has 0 radical (unpaired) electrons. The van der Waals surface area contributed by atoms with Crippen LogP contribution in [-0.4, -0.2) is 48.9 Å². The molecule has 0 aromatic heterocycles. The minimum atomic E-state index is -0.946. The lowest BCUT2D eigenvalue weighted by Gasteiger charge is -2.48. The lowest BCUT2D eigenvalue weighted by molar-refractivity contribution is -0.0274. The van der Waals surface area contributed by atoms with Crippen LogP contribution in [0.4, 0.5) is 0 Å². The molecule has 1 N–H and O–H groups in total. The highest BCUT2D eigenvalue weighted by atomic mass is 16.5. The fourth-order valence-corrected chi connectivity index (χ4v) is 4.23. The van der Waals surface area contributed by atoms with E-state index in [9.17, 15) is 5.11 Å². The number of likely N-dealkylation sites (N-methyl/N-ethyl adjacent to an activating group) is 1. The second kappa shape index (κ2) is 6.43. The highest BCUT2D eigenvalue weighted by Gasteiger charge is 2.43. The average molecular weight is 357 g/mol. The van der Waals surface area contributed by atoms with E-state index in [0.29, 0.717) is 0 Å². The summed E-state index contributed by atoms with van der Waals surface area (Å²) < 4.78 is 5.81. The van der Waals surface area contributed by atoms with Crippen molar-refractivity contribution in [2.45, 2.75) is 51.3 Å². The summed E-state index contributed by atoms with van der Waals surface area (Å²) in [4.78, 5) is 4.26. The third kappa shape index (κ3) is 2.67. The first-order chi connectivity index (χ1) is 12.1. The van der Waals surface area contributed by atoms with Gasteiger partial charge in [-0.15, -0.1) is 0 Å². The number of hydrogen-bond acceptors (Lipinski definition) is 4. The summed E-state index contributed by atoms with van der Waals surface area (Å²) in [5.41, 5.74) is 4.67. The Labute approximate surface area is 157 Å². The van der Waals surface area contributed by atoms with Gasteiger partial charge in [0.05, 0.1) is 7.11 Å². The van der Waals surface area contributed by atoms with Crippen molar-refractivity contribution in [1.82, 2.24) is 9.80 Å². The maximum Gasteiger partial charge on any atom is 0.156 e. The van der Waals surface area contributed by atoms with Gasteiger partial charge in [-0.1, -0.05) is 12.1 Å². The van der Waals surface area contributed by atoms with Gasteiger partial charge in [0, 0.05) is 29.4 Å². The Kier molecular flexibility index (Phi) is 4.70. The topological polar surface area (TPSA) is 35.9 Å². The van der Waals surface area contributed by atoms with Crippen molar-refractivity contribution < 1.29 is 9.84 Å². The molecule has 4 heteroatoms. The Morgan fingerprint density at radius 2 is 1.85 bits per heavy atom. The molecule has 1 unspecified atom stereocenters. The summed E-state index contributed by atoms with van der Waals surface area (Å²) in [6, 6.07) is 6.57. The molecule has 1 aromatic rings. The van der Waals surface area contributed by atoms with Crippen molar-refractivity contribution in [3.63, 3.8) is 0 Å². The summed E-state index contributed by atoms with van der Waals surface area (Å²) in [6.45, 7) is 5.87. The van der Waals surface area contributed by atoms with Crippen LogP contribution in [0, 0.1) is 0 Å². The number of ether oxygens (including phenoxy) is 1. The largest absolute Gasteiger partial charge is 0.496 e.